The summed E-state index contributed by atoms with van der Waals surface area (Å²) >= 11 is 5.91. The van der Waals surface area contributed by atoms with Gasteiger partial charge in [0.05, 0.1) is 36.5 Å². The Hall–Kier alpha value is -2.05. The highest BCUT2D eigenvalue weighted by Gasteiger charge is 2.31. The van der Waals surface area contributed by atoms with E-state index in [4.69, 9.17) is 16.3 Å². The molecule has 1 aliphatic rings. The van der Waals surface area contributed by atoms with Gasteiger partial charge < -0.3 is 14.7 Å². The second kappa shape index (κ2) is 11.6. The Morgan fingerprint density at radius 3 is 2.71 bits per heavy atom. The lowest BCUT2D eigenvalue weighted by Crippen LogP contribution is -2.47. The van der Waals surface area contributed by atoms with E-state index >= 15 is 0 Å². The number of carbonyl (C=O) groups excluding carboxylic acids is 1. The number of hydrogen-bond donors (Lipinski definition) is 1. The van der Waals surface area contributed by atoms with Crippen LogP contribution in [0.15, 0.2) is 35.4 Å². The first-order valence-electron chi connectivity index (χ1n) is 11.2. The fraction of sp³-hybridized carbons (Fsp3) is 0.591. The molecule has 0 saturated carbocycles. The van der Waals surface area contributed by atoms with Gasteiger partial charge in [-0.1, -0.05) is 23.7 Å². The van der Waals surface area contributed by atoms with Gasteiger partial charge in [0.15, 0.2) is 0 Å². The summed E-state index contributed by atoms with van der Waals surface area (Å²) < 4.78 is 35.3. The number of carbonyl (C=O) groups is 1. The average Bonchev–Trinajstić information content (AvgIpc) is 3.26. The molecule has 0 spiro atoms. The lowest BCUT2D eigenvalue weighted by Gasteiger charge is -2.35. The standard InChI is InChI=1S/C22H32ClN5O5S/c1-16-11-28(17(2)14-29)22(30)5-4-10-27-12-19(24-25-27)15-33-21(16)13-26(3)34(31,32)20-8-6-18(23)7-9-20/h6-9,12,16-17,21,29H,4-5,10-11,13-15H2,1-3H3/t16-,17-,21-/m1/s1. The van der Waals surface area contributed by atoms with Crippen molar-refractivity contribution >= 4 is 27.5 Å². The lowest BCUT2D eigenvalue weighted by molar-refractivity contribution is -0.136. The largest absolute Gasteiger partial charge is 0.394 e. The molecule has 1 amide bonds. The molecule has 1 aromatic heterocycles. The first-order chi connectivity index (χ1) is 16.1. The Balaban J connectivity index is 1.85. The van der Waals surface area contributed by atoms with Gasteiger partial charge in [0.25, 0.3) is 0 Å². The van der Waals surface area contributed by atoms with Gasteiger partial charge in [-0.15, -0.1) is 5.10 Å². The van der Waals surface area contributed by atoms with Gasteiger partial charge in [0.2, 0.25) is 15.9 Å². The van der Waals surface area contributed by atoms with Gasteiger partial charge in [-0.3, -0.25) is 9.48 Å². The predicted octanol–water partition coefficient (Wildman–Crippen LogP) is 1.78. The minimum absolute atomic E-state index is 0.0653. The monoisotopic (exact) mass is 513 g/mol. The minimum atomic E-state index is -3.78. The topological polar surface area (TPSA) is 118 Å². The number of aromatic nitrogens is 3. The second-order valence-electron chi connectivity index (χ2n) is 8.72. The number of aliphatic hydroxyl groups is 1. The molecule has 3 rings (SSSR count). The molecule has 0 saturated heterocycles. The van der Waals surface area contributed by atoms with Gasteiger partial charge >= 0.3 is 0 Å². The normalized spacial score (nSPS) is 21.6. The van der Waals surface area contributed by atoms with E-state index in [0.717, 1.165) is 0 Å². The highest BCUT2D eigenvalue weighted by atomic mass is 35.5. The second-order valence-corrected chi connectivity index (χ2v) is 11.2. The van der Waals surface area contributed by atoms with Crippen LogP contribution in [0.25, 0.3) is 0 Å². The number of nitrogens with zero attached hydrogens (tertiary/aromatic N) is 5. The van der Waals surface area contributed by atoms with E-state index in [1.54, 1.807) is 22.7 Å². The fourth-order valence-corrected chi connectivity index (χ4v) is 5.14. The number of amides is 1. The number of aliphatic hydroxyl groups excluding tert-OH is 1. The Labute approximate surface area is 205 Å². The zero-order valence-corrected chi connectivity index (χ0v) is 21.2. The van der Waals surface area contributed by atoms with Crippen LogP contribution in [0, 0.1) is 5.92 Å². The molecular weight excluding hydrogens is 482 g/mol. The van der Waals surface area contributed by atoms with E-state index < -0.39 is 16.1 Å². The van der Waals surface area contributed by atoms with Crippen molar-refractivity contribution in [3.63, 3.8) is 0 Å². The first kappa shape index (κ1) is 26.6. The molecule has 1 N–H and O–H groups in total. The highest BCUT2D eigenvalue weighted by molar-refractivity contribution is 7.89. The maximum absolute atomic E-state index is 13.1. The van der Waals surface area contributed by atoms with E-state index in [9.17, 15) is 18.3 Å². The molecule has 12 heteroatoms. The van der Waals surface area contributed by atoms with Crippen molar-refractivity contribution < 1.29 is 23.1 Å². The zero-order chi connectivity index (χ0) is 24.9. The number of likely N-dealkylation sites (N-methyl/N-ethyl adjacent to an activating group) is 1. The van der Waals surface area contributed by atoms with Crippen LogP contribution in [-0.4, -0.2) is 82.5 Å². The zero-order valence-electron chi connectivity index (χ0n) is 19.7. The summed E-state index contributed by atoms with van der Waals surface area (Å²) in [6.45, 7) is 4.63. The van der Waals surface area contributed by atoms with Crippen LogP contribution in [0.1, 0.15) is 32.4 Å². The van der Waals surface area contributed by atoms with Crippen molar-refractivity contribution in [2.75, 3.05) is 26.7 Å². The maximum atomic E-state index is 13.1. The van der Waals surface area contributed by atoms with E-state index in [1.165, 1.54) is 35.6 Å². The van der Waals surface area contributed by atoms with E-state index in [-0.39, 0.29) is 42.5 Å². The Bertz CT molecular complexity index is 1060. The van der Waals surface area contributed by atoms with Crippen molar-refractivity contribution in [3.8, 4) is 0 Å². The summed E-state index contributed by atoms with van der Waals surface area (Å²) in [5.74, 6) is -0.300. The first-order valence-corrected chi connectivity index (χ1v) is 13.1. The number of halogens is 1. The number of sulfonamides is 1. The molecule has 2 heterocycles. The SMILES string of the molecule is C[C@@H]1CN([C@H](C)CO)C(=O)CCCn2cc(nn2)CO[C@@H]1CN(C)S(=O)(=O)c1ccc(Cl)cc1. The Morgan fingerprint density at radius 2 is 2.03 bits per heavy atom. The molecular formula is C22H32ClN5O5S. The number of aryl methyl sites for hydroxylation is 1. The third kappa shape index (κ3) is 6.54. The maximum Gasteiger partial charge on any atom is 0.242 e. The quantitative estimate of drug-likeness (QED) is 0.625. The van der Waals surface area contributed by atoms with Crippen molar-refractivity contribution in [1.29, 1.82) is 0 Å². The van der Waals surface area contributed by atoms with E-state index in [2.05, 4.69) is 10.3 Å². The third-order valence-corrected chi connectivity index (χ3v) is 8.09. The Kier molecular flexibility index (Phi) is 9.05. The molecule has 188 valence electrons. The molecule has 0 radical (unpaired) electrons. The van der Waals surface area contributed by atoms with Crippen molar-refractivity contribution in [2.45, 2.75) is 56.9 Å². The van der Waals surface area contributed by atoms with Crippen molar-refractivity contribution in [2.24, 2.45) is 5.92 Å². The summed E-state index contributed by atoms with van der Waals surface area (Å²) in [5, 5.41) is 18.4. The van der Waals surface area contributed by atoms with Crippen molar-refractivity contribution in [1.82, 2.24) is 24.2 Å². The van der Waals surface area contributed by atoms with Crippen LogP contribution in [0.2, 0.25) is 5.02 Å². The molecule has 10 nitrogen and oxygen atoms in total. The van der Waals surface area contributed by atoms with Crippen molar-refractivity contribution in [3.05, 3.63) is 41.2 Å². The average molecular weight is 514 g/mol. The van der Waals surface area contributed by atoms with Crippen LogP contribution in [0.3, 0.4) is 0 Å². The Morgan fingerprint density at radius 1 is 1.32 bits per heavy atom. The molecule has 0 fully saturated rings. The van der Waals surface area contributed by atoms with Crippen LogP contribution in [-0.2, 0) is 32.7 Å². The lowest BCUT2D eigenvalue weighted by atomic mass is 10.0. The summed E-state index contributed by atoms with van der Waals surface area (Å²) in [6.07, 6.45) is 2.13. The van der Waals surface area contributed by atoms with Crippen LogP contribution >= 0.6 is 11.6 Å². The smallest absolute Gasteiger partial charge is 0.242 e. The molecule has 2 aromatic rings. The van der Waals surface area contributed by atoms with Gasteiger partial charge in [0, 0.05) is 44.0 Å². The summed E-state index contributed by atoms with van der Waals surface area (Å²) in [7, 11) is -2.28. The number of rotatable bonds is 6. The van der Waals surface area contributed by atoms with E-state index in [0.29, 0.717) is 36.6 Å². The summed E-state index contributed by atoms with van der Waals surface area (Å²) in [6, 6.07) is 5.62. The molecule has 3 atom stereocenters. The molecule has 34 heavy (non-hydrogen) atoms. The highest BCUT2D eigenvalue weighted by Crippen LogP contribution is 2.21. The number of hydrogen-bond acceptors (Lipinski definition) is 7. The molecule has 1 aliphatic heterocycles. The molecule has 1 aromatic carbocycles. The molecule has 2 bridgehead atoms. The summed E-state index contributed by atoms with van der Waals surface area (Å²) in [5.41, 5.74) is 0.631. The predicted molar refractivity (Wildman–Crippen MR) is 127 cm³/mol. The number of fused-ring (bicyclic) bond motifs is 2. The van der Waals surface area contributed by atoms with Gasteiger partial charge in [-0.2, -0.15) is 4.31 Å². The number of ether oxygens (including phenoxy) is 1. The van der Waals surface area contributed by atoms with Gasteiger partial charge in [-0.25, -0.2) is 8.42 Å². The van der Waals surface area contributed by atoms with Crippen LogP contribution < -0.4 is 0 Å². The fourth-order valence-electron chi connectivity index (χ4n) is 3.83. The minimum Gasteiger partial charge on any atom is -0.394 e. The molecule has 0 unspecified atom stereocenters. The van der Waals surface area contributed by atoms with Crippen LogP contribution in [0.4, 0.5) is 0 Å². The van der Waals surface area contributed by atoms with Gasteiger partial charge in [0.1, 0.15) is 5.69 Å². The van der Waals surface area contributed by atoms with Crippen LogP contribution in [0.5, 0.6) is 0 Å². The summed E-state index contributed by atoms with van der Waals surface area (Å²) in [4.78, 5) is 14.7. The van der Waals surface area contributed by atoms with Gasteiger partial charge in [-0.05, 0) is 37.6 Å². The number of benzene rings is 1. The molecule has 0 aliphatic carbocycles. The van der Waals surface area contributed by atoms with E-state index in [1.807, 2.05) is 6.92 Å². The third-order valence-electron chi connectivity index (χ3n) is 6.00.